The Bertz CT molecular complexity index is 1030. The predicted molar refractivity (Wildman–Crippen MR) is 105 cm³/mol. The minimum Gasteiger partial charge on any atom is -0.475 e. The maximum atomic E-state index is 12.4. The second kappa shape index (κ2) is 9.57. The fraction of sp³-hybridized carbons (Fsp3) is 0.222. The van der Waals surface area contributed by atoms with Gasteiger partial charge < -0.3 is 15.4 Å². The molecule has 12 heteroatoms. The molecule has 0 saturated carbocycles. The first-order valence-corrected chi connectivity index (χ1v) is 9.19. The Morgan fingerprint density at radius 2 is 1.80 bits per heavy atom. The van der Waals surface area contributed by atoms with Crippen LogP contribution in [0.3, 0.4) is 0 Å². The van der Waals surface area contributed by atoms with Gasteiger partial charge in [0.15, 0.2) is 0 Å². The summed E-state index contributed by atoms with van der Waals surface area (Å²) in [5.74, 6) is -2.15. The first kappa shape index (κ1) is 23.1. The van der Waals surface area contributed by atoms with Gasteiger partial charge >= 0.3 is 12.1 Å². The van der Waals surface area contributed by atoms with Crippen molar-refractivity contribution in [3.63, 3.8) is 0 Å². The van der Waals surface area contributed by atoms with Crippen molar-refractivity contribution >= 4 is 27.8 Å². The number of rotatable bonds is 4. The molecule has 0 bridgehead atoms. The summed E-state index contributed by atoms with van der Waals surface area (Å²) in [6.07, 6.45) is -5.08. The maximum Gasteiger partial charge on any atom is 0.490 e. The van der Waals surface area contributed by atoms with E-state index in [2.05, 4.69) is 41.4 Å². The van der Waals surface area contributed by atoms with Crippen molar-refractivity contribution in [2.45, 2.75) is 26.6 Å². The number of carboxylic acids is 1. The van der Waals surface area contributed by atoms with E-state index in [1.54, 1.807) is 0 Å². The summed E-state index contributed by atoms with van der Waals surface area (Å²) in [6.45, 7) is 4.18. The summed E-state index contributed by atoms with van der Waals surface area (Å²) in [7, 11) is 0. The lowest BCUT2D eigenvalue weighted by Gasteiger charge is -2.03. The number of hydrogen-bond donors (Lipinski definition) is 4. The largest absolute Gasteiger partial charge is 0.490 e. The van der Waals surface area contributed by atoms with Gasteiger partial charge in [-0.1, -0.05) is 30.3 Å². The second-order valence-electron chi connectivity index (χ2n) is 6.01. The number of carbonyl (C=O) groups is 2. The molecule has 8 nitrogen and oxygen atoms in total. The van der Waals surface area contributed by atoms with Crippen LogP contribution in [0.5, 0.6) is 0 Å². The number of nitrogens with one attached hydrogen (secondary N) is 3. The van der Waals surface area contributed by atoms with Crippen LogP contribution in [0.25, 0.3) is 11.3 Å². The Labute approximate surface area is 177 Å². The van der Waals surface area contributed by atoms with Gasteiger partial charge in [-0.2, -0.15) is 18.3 Å². The molecule has 0 aliphatic carbocycles. The average molecular weight is 488 g/mol. The molecule has 0 saturated heterocycles. The zero-order valence-corrected chi connectivity index (χ0v) is 17.3. The van der Waals surface area contributed by atoms with Crippen molar-refractivity contribution in [3.8, 4) is 11.3 Å². The molecule has 2 aromatic heterocycles. The van der Waals surface area contributed by atoms with Crippen molar-refractivity contribution in [1.29, 1.82) is 0 Å². The summed E-state index contributed by atoms with van der Waals surface area (Å²) in [4.78, 5) is 28.7. The van der Waals surface area contributed by atoms with E-state index in [4.69, 9.17) is 9.90 Å². The smallest absolute Gasteiger partial charge is 0.475 e. The molecule has 0 spiro atoms. The van der Waals surface area contributed by atoms with E-state index in [0.717, 1.165) is 22.8 Å². The Morgan fingerprint density at radius 1 is 1.20 bits per heavy atom. The normalized spacial score (nSPS) is 10.9. The third-order valence-electron chi connectivity index (χ3n) is 3.74. The molecule has 3 aromatic rings. The van der Waals surface area contributed by atoms with Gasteiger partial charge in [-0.15, -0.1) is 0 Å². The number of benzene rings is 1. The highest BCUT2D eigenvalue weighted by Crippen LogP contribution is 2.28. The number of aromatic amines is 2. The minimum atomic E-state index is -5.08. The monoisotopic (exact) mass is 487 g/mol. The van der Waals surface area contributed by atoms with Crippen LogP contribution in [0.4, 0.5) is 13.2 Å². The molecule has 1 amide bonds. The lowest BCUT2D eigenvalue weighted by Crippen LogP contribution is -2.24. The molecule has 0 aliphatic rings. The van der Waals surface area contributed by atoms with Crippen LogP contribution in [0.1, 0.15) is 27.7 Å². The zero-order chi connectivity index (χ0) is 22.5. The fourth-order valence-electron chi connectivity index (χ4n) is 2.35. The molecule has 0 aliphatic heterocycles. The second-order valence-corrected chi connectivity index (χ2v) is 6.80. The van der Waals surface area contributed by atoms with Gasteiger partial charge in [-0.25, -0.2) is 9.78 Å². The molecule has 0 atom stereocenters. The highest BCUT2D eigenvalue weighted by atomic mass is 79.9. The zero-order valence-electron chi connectivity index (χ0n) is 15.8. The van der Waals surface area contributed by atoms with E-state index >= 15 is 0 Å². The van der Waals surface area contributed by atoms with Crippen LogP contribution < -0.4 is 5.32 Å². The number of H-pyrrole nitrogens is 2. The highest BCUT2D eigenvalue weighted by molar-refractivity contribution is 9.10. The van der Waals surface area contributed by atoms with Crippen LogP contribution in [0.15, 0.2) is 34.8 Å². The highest BCUT2D eigenvalue weighted by Gasteiger charge is 2.38. The van der Waals surface area contributed by atoms with E-state index in [-0.39, 0.29) is 5.91 Å². The predicted octanol–water partition coefficient (Wildman–Crippen LogP) is 3.74. The van der Waals surface area contributed by atoms with E-state index in [0.29, 0.717) is 22.4 Å². The van der Waals surface area contributed by atoms with Crippen molar-refractivity contribution in [3.05, 3.63) is 57.7 Å². The van der Waals surface area contributed by atoms with E-state index in [1.807, 2.05) is 44.2 Å². The summed E-state index contributed by atoms with van der Waals surface area (Å²) >= 11 is 3.46. The van der Waals surface area contributed by atoms with Gasteiger partial charge in [0, 0.05) is 11.3 Å². The number of aryl methyl sites for hydroxylation is 2. The van der Waals surface area contributed by atoms with Crippen LogP contribution >= 0.6 is 15.9 Å². The number of nitrogens with zero attached hydrogens (tertiary/aromatic N) is 2. The Hall–Kier alpha value is -3.15. The fourth-order valence-corrected chi connectivity index (χ4v) is 2.93. The summed E-state index contributed by atoms with van der Waals surface area (Å²) in [6, 6.07) is 9.68. The topological polar surface area (TPSA) is 124 Å². The van der Waals surface area contributed by atoms with E-state index < -0.39 is 12.1 Å². The number of hydrogen-bond acceptors (Lipinski definition) is 4. The van der Waals surface area contributed by atoms with Gasteiger partial charge in [0.05, 0.1) is 16.7 Å². The maximum absolute atomic E-state index is 12.4. The minimum absolute atomic E-state index is 0.230. The summed E-state index contributed by atoms with van der Waals surface area (Å²) in [5, 5.41) is 17.0. The third-order valence-corrected chi connectivity index (χ3v) is 4.52. The molecule has 30 heavy (non-hydrogen) atoms. The standard InChI is InChI=1S/C16H16BrN5O.C2HF3O2/c1-9-12(20-10(2)19-9)8-18-16(23)15-13(17)14(21-22-15)11-6-4-3-5-7-11;3-2(4,5)1(6)7/h3-7H,8H2,1-2H3,(H,18,23)(H,19,20)(H,21,22);(H,6,7). The van der Waals surface area contributed by atoms with Crippen molar-refractivity contribution in [1.82, 2.24) is 25.5 Å². The van der Waals surface area contributed by atoms with E-state index in [1.165, 1.54) is 0 Å². The number of imidazole rings is 1. The molecular weight excluding hydrogens is 471 g/mol. The number of aliphatic carboxylic acids is 1. The van der Waals surface area contributed by atoms with Crippen molar-refractivity contribution in [2.75, 3.05) is 0 Å². The van der Waals surface area contributed by atoms with Gasteiger partial charge in [0.2, 0.25) is 0 Å². The Morgan fingerprint density at radius 3 is 2.30 bits per heavy atom. The lowest BCUT2D eigenvalue weighted by molar-refractivity contribution is -0.192. The van der Waals surface area contributed by atoms with Crippen LogP contribution in [0, 0.1) is 13.8 Å². The molecule has 2 heterocycles. The Kier molecular flexibility index (Phi) is 7.38. The lowest BCUT2D eigenvalue weighted by atomic mass is 10.1. The number of aromatic nitrogens is 4. The molecular formula is C18H17BrF3N5O3. The van der Waals surface area contributed by atoms with Crippen LogP contribution in [0.2, 0.25) is 0 Å². The SMILES string of the molecule is Cc1nc(CNC(=O)c2[nH]nc(-c3ccccc3)c2Br)c(C)[nH]1.O=C(O)C(F)(F)F. The van der Waals surface area contributed by atoms with Crippen molar-refractivity contribution in [2.24, 2.45) is 0 Å². The average Bonchev–Trinajstić information content (AvgIpc) is 3.21. The molecule has 4 N–H and O–H groups in total. The molecule has 0 fully saturated rings. The number of carbonyl (C=O) groups excluding carboxylic acids is 1. The quantitative estimate of drug-likeness (QED) is 0.446. The van der Waals surface area contributed by atoms with Crippen LogP contribution in [-0.4, -0.2) is 43.3 Å². The number of alkyl halides is 3. The first-order valence-electron chi connectivity index (χ1n) is 8.40. The summed E-state index contributed by atoms with van der Waals surface area (Å²) in [5.41, 5.74) is 3.83. The molecule has 3 rings (SSSR count). The summed E-state index contributed by atoms with van der Waals surface area (Å²) < 4.78 is 32.4. The van der Waals surface area contributed by atoms with Gasteiger partial charge in [0.25, 0.3) is 5.91 Å². The van der Waals surface area contributed by atoms with E-state index in [9.17, 15) is 18.0 Å². The molecule has 0 radical (unpaired) electrons. The molecule has 160 valence electrons. The van der Waals surface area contributed by atoms with Gasteiger partial charge in [-0.3, -0.25) is 9.89 Å². The van der Waals surface area contributed by atoms with Crippen molar-refractivity contribution < 1.29 is 27.9 Å². The van der Waals surface area contributed by atoms with Gasteiger partial charge in [-0.05, 0) is 29.8 Å². The molecule has 0 unspecified atom stereocenters. The third kappa shape index (κ3) is 5.92. The number of halogens is 4. The van der Waals surface area contributed by atoms with Crippen LogP contribution in [-0.2, 0) is 11.3 Å². The van der Waals surface area contributed by atoms with Gasteiger partial charge in [0.1, 0.15) is 17.2 Å². The molecule has 1 aromatic carbocycles. The first-order chi connectivity index (χ1) is 14.0. The number of amides is 1. The number of carboxylic acid groups (broad SMARTS) is 1. The Balaban J connectivity index is 0.000000396.